The summed E-state index contributed by atoms with van der Waals surface area (Å²) in [5, 5.41) is 7.53. The van der Waals surface area contributed by atoms with Crippen molar-refractivity contribution in [2.24, 2.45) is 7.05 Å². The molecule has 1 N–H and O–H groups in total. The molecule has 1 aromatic heterocycles. The molecule has 7 heteroatoms. The molecule has 1 saturated heterocycles. The Bertz CT molecular complexity index is 773. The van der Waals surface area contributed by atoms with E-state index in [0.717, 1.165) is 23.2 Å². The zero-order valence-electron chi connectivity index (χ0n) is 15.5. The number of amides is 2. The fourth-order valence-electron chi connectivity index (χ4n) is 3.25. The lowest BCUT2D eigenvalue weighted by Crippen LogP contribution is -2.39. The summed E-state index contributed by atoms with van der Waals surface area (Å²) >= 11 is 0. The molecule has 2 aromatic rings. The third-order valence-electron chi connectivity index (χ3n) is 4.55. The second kappa shape index (κ2) is 7.86. The fraction of sp³-hybridized carbons (Fsp3) is 0.474. The number of halogens is 1. The van der Waals surface area contributed by atoms with Gasteiger partial charge in [-0.3, -0.25) is 10.00 Å². The summed E-state index contributed by atoms with van der Waals surface area (Å²) in [6, 6.07) is 6.09. The van der Waals surface area contributed by atoms with Gasteiger partial charge in [0.1, 0.15) is 11.6 Å². The molecule has 1 fully saturated rings. The van der Waals surface area contributed by atoms with Crippen LogP contribution in [0.3, 0.4) is 0 Å². The molecule has 2 heterocycles. The third kappa shape index (κ3) is 3.88. The van der Waals surface area contributed by atoms with Crippen molar-refractivity contribution < 1.29 is 13.9 Å². The third-order valence-corrected chi connectivity index (χ3v) is 4.55. The molecule has 6 nitrogen and oxygen atoms in total. The van der Waals surface area contributed by atoms with E-state index in [4.69, 9.17) is 4.74 Å². The van der Waals surface area contributed by atoms with Crippen molar-refractivity contribution in [2.75, 3.05) is 25.0 Å². The van der Waals surface area contributed by atoms with Crippen LogP contribution in [0.5, 0.6) is 0 Å². The molecular weight excluding hydrogens is 335 g/mol. The van der Waals surface area contributed by atoms with E-state index in [2.05, 4.69) is 10.4 Å². The molecular formula is C19H25FN4O2. The zero-order valence-corrected chi connectivity index (χ0v) is 15.5. The Morgan fingerprint density at radius 1 is 1.38 bits per heavy atom. The molecule has 1 atom stereocenters. The SMILES string of the molecule is CCc1nn(C)c(NC(=O)N2CCCO[C@@H](C)C2)c1-c1ccc(F)cc1. The van der Waals surface area contributed by atoms with Gasteiger partial charge < -0.3 is 9.64 Å². The number of aromatic nitrogens is 2. The van der Waals surface area contributed by atoms with Crippen molar-refractivity contribution in [2.45, 2.75) is 32.8 Å². The van der Waals surface area contributed by atoms with Crippen molar-refractivity contribution in [3.8, 4) is 11.1 Å². The van der Waals surface area contributed by atoms with Crippen LogP contribution >= 0.6 is 0 Å². The molecule has 1 aliphatic rings. The summed E-state index contributed by atoms with van der Waals surface area (Å²) in [6.07, 6.45) is 1.54. The van der Waals surface area contributed by atoms with E-state index in [1.807, 2.05) is 13.8 Å². The minimum absolute atomic E-state index is 0.0116. The first-order valence-electron chi connectivity index (χ1n) is 8.99. The summed E-state index contributed by atoms with van der Waals surface area (Å²) in [6.45, 7) is 5.85. The van der Waals surface area contributed by atoms with E-state index in [9.17, 15) is 9.18 Å². The monoisotopic (exact) mass is 360 g/mol. The summed E-state index contributed by atoms with van der Waals surface area (Å²) in [7, 11) is 1.80. The quantitative estimate of drug-likeness (QED) is 0.912. The largest absolute Gasteiger partial charge is 0.377 e. The standard InChI is InChI=1S/C19H25FN4O2/c1-4-16-17(14-6-8-15(20)9-7-14)18(23(3)22-16)21-19(25)24-10-5-11-26-13(2)12-24/h6-9,13H,4-5,10-12H2,1-3H3,(H,21,25)/t13-/m0/s1. The summed E-state index contributed by atoms with van der Waals surface area (Å²) in [5.41, 5.74) is 2.53. The van der Waals surface area contributed by atoms with Crippen LogP contribution in [0.25, 0.3) is 11.1 Å². The van der Waals surface area contributed by atoms with E-state index in [-0.39, 0.29) is 18.0 Å². The number of aryl methyl sites for hydroxylation is 2. The van der Waals surface area contributed by atoms with Crippen molar-refractivity contribution >= 4 is 11.8 Å². The number of hydrogen-bond acceptors (Lipinski definition) is 3. The topological polar surface area (TPSA) is 59.4 Å². The molecule has 0 bridgehead atoms. The van der Waals surface area contributed by atoms with E-state index in [0.29, 0.717) is 31.9 Å². The van der Waals surface area contributed by atoms with Gasteiger partial charge in [0.2, 0.25) is 0 Å². The number of benzene rings is 1. The second-order valence-corrected chi connectivity index (χ2v) is 6.57. The van der Waals surface area contributed by atoms with Crippen molar-refractivity contribution in [1.29, 1.82) is 0 Å². The van der Waals surface area contributed by atoms with Gasteiger partial charge in [-0.1, -0.05) is 19.1 Å². The van der Waals surface area contributed by atoms with Gasteiger partial charge in [-0.15, -0.1) is 0 Å². The zero-order chi connectivity index (χ0) is 18.7. The van der Waals surface area contributed by atoms with Gasteiger partial charge >= 0.3 is 6.03 Å². The number of carbonyl (C=O) groups excluding carboxylic acids is 1. The molecule has 0 aliphatic carbocycles. The van der Waals surface area contributed by atoms with Crippen LogP contribution in [0.15, 0.2) is 24.3 Å². The molecule has 1 aliphatic heterocycles. The minimum atomic E-state index is -0.292. The lowest BCUT2D eigenvalue weighted by Gasteiger charge is -2.23. The maximum Gasteiger partial charge on any atom is 0.323 e. The van der Waals surface area contributed by atoms with Gasteiger partial charge in [-0.25, -0.2) is 9.18 Å². The highest BCUT2D eigenvalue weighted by Gasteiger charge is 2.24. The summed E-state index contributed by atoms with van der Waals surface area (Å²) < 4.78 is 20.6. The molecule has 0 saturated carbocycles. The van der Waals surface area contributed by atoms with Crippen LogP contribution in [0.2, 0.25) is 0 Å². The first-order chi connectivity index (χ1) is 12.5. The van der Waals surface area contributed by atoms with Crippen LogP contribution in [0, 0.1) is 5.82 Å². The molecule has 140 valence electrons. The van der Waals surface area contributed by atoms with E-state index >= 15 is 0 Å². The number of urea groups is 1. The van der Waals surface area contributed by atoms with E-state index in [1.54, 1.807) is 28.8 Å². The first kappa shape index (κ1) is 18.4. The smallest absolute Gasteiger partial charge is 0.323 e. The predicted molar refractivity (Wildman–Crippen MR) is 98.6 cm³/mol. The lowest BCUT2D eigenvalue weighted by molar-refractivity contribution is 0.0718. The Labute approximate surface area is 152 Å². The maximum atomic E-state index is 13.3. The normalized spacial score (nSPS) is 17.8. The minimum Gasteiger partial charge on any atom is -0.377 e. The molecule has 3 rings (SSSR count). The predicted octanol–water partition coefficient (Wildman–Crippen LogP) is 3.43. The number of rotatable bonds is 3. The molecule has 2 amide bonds. The Hall–Kier alpha value is -2.41. The maximum absolute atomic E-state index is 13.3. The van der Waals surface area contributed by atoms with Crippen LogP contribution in [-0.4, -0.2) is 46.5 Å². The van der Waals surface area contributed by atoms with Gasteiger partial charge in [0.05, 0.1) is 11.8 Å². The van der Waals surface area contributed by atoms with Crippen molar-refractivity contribution in [3.63, 3.8) is 0 Å². The van der Waals surface area contributed by atoms with E-state index < -0.39 is 0 Å². The van der Waals surface area contributed by atoms with Gasteiger partial charge in [-0.05, 0) is 37.5 Å². The molecule has 1 aromatic carbocycles. The number of hydrogen-bond donors (Lipinski definition) is 1. The highest BCUT2D eigenvalue weighted by atomic mass is 19.1. The number of carbonyl (C=O) groups is 1. The van der Waals surface area contributed by atoms with Gasteiger partial charge in [0.15, 0.2) is 0 Å². The van der Waals surface area contributed by atoms with E-state index in [1.165, 1.54) is 12.1 Å². The van der Waals surface area contributed by atoms with Crippen LogP contribution in [0.1, 0.15) is 26.0 Å². The molecule has 26 heavy (non-hydrogen) atoms. The number of ether oxygens (including phenoxy) is 1. The first-order valence-corrected chi connectivity index (χ1v) is 8.99. The Balaban J connectivity index is 1.90. The number of nitrogens with one attached hydrogen (secondary N) is 1. The fourth-order valence-corrected chi connectivity index (χ4v) is 3.25. The lowest BCUT2D eigenvalue weighted by atomic mass is 10.0. The van der Waals surface area contributed by atoms with Crippen molar-refractivity contribution in [3.05, 3.63) is 35.8 Å². The summed E-state index contributed by atoms with van der Waals surface area (Å²) in [4.78, 5) is 14.6. The average Bonchev–Trinajstić information content (AvgIpc) is 2.79. The average molecular weight is 360 g/mol. The molecule has 0 radical (unpaired) electrons. The number of nitrogens with zero attached hydrogens (tertiary/aromatic N) is 3. The Morgan fingerprint density at radius 3 is 2.81 bits per heavy atom. The second-order valence-electron chi connectivity index (χ2n) is 6.57. The van der Waals surface area contributed by atoms with Crippen molar-refractivity contribution in [1.82, 2.24) is 14.7 Å². The van der Waals surface area contributed by atoms with Gasteiger partial charge in [0, 0.05) is 32.3 Å². The van der Waals surface area contributed by atoms with Gasteiger partial charge in [0.25, 0.3) is 0 Å². The Morgan fingerprint density at radius 2 is 2.12 bits per heavy atom. The molecule has 0 unspecified atom stereocenters. The van der Waals surface area contributed by atoms with Crippen LogP contribution < -0.4 is 5.32 Å². The van der Waals surface area contributed by atoms with Crippen LogP contribution in [0.4, 0.5) is 15.0 Å². The Kier molecular flexibility index (Phi) is 5.56. The highest BCUT2D eigenvalue weighted by Crippen LogP contribution is 2.32. The highest BCUT2D eigenvalue weighted by molar-refractivity contribution is 5.94. The van der Waals surface area contributed by atoms with Gasteiger partial charge in [-0.2, -0.15) is 5.10 Å². The molecule has 0 spiro atoms. The summed E-state index contributed by atoms with van der Waals surface area (Å²) in [5.74, 6) is 0.330. The number of anilines is 1. The van der Waals surface area contributed by atoms with Crippen LogP contribution in [-0.2, 0) is 18.2 Å².